The Morgan fingerprint density at radius 2 is 1.66 bits per heavy atom. The fourth-order valence-electron chi connectivity index (χ4n) is 5.93. The molecule has 2 fully saturated rings. The fourth-order valence-corrected chi connectivity index (χ4v) is 5.93. The maximum atomic E-state index is 13.1. The molecule has 0 saturated carbocycles. The van der Waals surface area contributed by atoms with Gasteiger partial charge in [0.1, 0.15) is 6.61 Å². The third-order valence-corrected chi connectivity index (χ3v) is 7.41. The number of carbonyl (C=O) groups is 1. The van der Waals surface area contributed by atoms with Crippen molar-refractivity contribution in [3.8, 4) is 11.1 Å². The number of hydrogen-bond acceptors (Lipinski definition) is 4. The second-order valence-electron chi connectivity index (χ2n) is 9.25. The van der Waals surface area contributed by atoms with Crippen LogP contribution < -0.4 is 0 Å². The molecule has 2 saturated heterocycles. The van der Waals surface area contributed by atoms with E-state index in [4.69, 9.17) is 14.2 Å². The number of rotatable bonds is 5. The van der Waals surface area contributed by atoms with Crippen molar-refractivity contribution in [3.05, 3.63) is 71.3 Å². The summed E-state index contributed by atoms with van der Waals surface area (Å²) < 4.78 is 17.1. The van der Waals surface area contributed by atoms with Crippen LogP contribution in [0.2, 0.25) is 0 Å². The predicted octanol–water partition coefficient (Wildman–Crippen LogP) is 5.25. The summed E-state index contributed by atoms with van der Waals surface area (Å²) in [5.74, 6) is 0.103. The molecule has 2 aromatic rings. The van der Waals surface area contributed by atoms with Crippen LogP contribution in [0, 0.1) is 0 Å². The first-order chi connectivity index (χ1) is 15.8. The maximum absolute atomic E-state index is 13.1. The molecular formula is C27H29NO4. The Morgan fingerprint density at radius 3 is 2.34 bits per heavy atom. The molecule has 5 heteroatoms. The van der Waals surface area contributed by atoms with E-state index in [1.807, 2.05) is 4.90 Å². The van der Waals surface area contributed by atoms with Gasteiger partial charge in [-0.3, -0.25) is 4.90 Å². The highest BCUT2D eigenvalue weighted by Crippen LogP contribution is 2.45. The van der Waals surface area contributed by atoms with Crippen LogP contribution in [0.4, 0.5) is 4.79 Å². The van der Waals surface area contributed by atoms with Gasteiger partial charge in [-0.2, -0.15) is 0 Å². The first-order valence-electron chi connectivity index (χ1n) is 11.8. The summed E-state index contributed by atoms with van der Waals surface area (Å²) in [5, 5.41) is 0. The van der Waals surface area contributed by atoms with Crippen molar-refractivity contribution in [2.45, 2.75) is 56.4 Å². The summed E-state index contributed by atoms with van der Waals surface area (Å²) in [5.41, 5.74) is 6.44. The number of fused-ring (bicyclic) bond motifs is 5. The van der Waals surface area contributed by atoms with Crippen LogP contribution in [0.25, 0.3) is 11.1 Å². The van der Waals surface area contributed by atoms with E-state index in [1.165, 1.54) is 27.8 Å². The second kappa shape index (κ2) is 8.38. The van der Waals surface area contributed by atoms with Gasteiger partial charge < -0.3 is 14.2 Å². The number of nitrogens with zero attached hydrogens (tertiary/aromatic N) is 1. The van der Waals surface area contributed by atoms with Gasteiger partial charge in [0, 0.05) is 18.4 Å². The Morgan fingerprint density at radius 1 is 0.969 bits per heavy atom. The highest BCUT2D eigenvalue weighted by molar-refractivity contribution is 5.79. The van der Waals surface area contributed by atoms with Gasteiger partial charge in [0.2, 0.25) is 0 Å². The molecule has 32 heavy (non-hydrogen) atoms. The number of hydrogen-bond donors (Lipinski definition) is 0. The number of ether oxygens (including phenoxy) is 3. The van der Waals surface area contributed by atoms with Crippen molar-refractivity contribution in [1.29, 1.82) is 0 Å². The van der Waals surface area contributed by atoms with E-state index in [2.05, 4.69) is 54.6 Å². The molecule has 0 N–H and O–H groups in total. The minimum Gasteiger partial charge on any atom is -0.448 e. The van der Waals surface area contributed by atoms with Crippen LogP contribution in [0.1, 0.15) is 49.1 Å². The van der Waals surface area contributed by atoms with Crippen molar-refractivity contribution >= 4 is 6.09 Å². The Bertz CT molecular complexity index is 996. The maximum Gasteiger partial charge on any atom is 0.410 e. The fraction of sp³-hybridized carbons (Fsp3) is 0.444. The van der Waals surface area contributed by atoms with Crippen molar-refractivity contribution in [1.82, 2.24) is 4.90 Å². The van der Waals surface area contributed by atoms with Crippen molar-refractivity contribution < 1.29 is 19.0 Å². The van der Waals surface area contributed by atoms with Crippen molar-refractivity contribution in [2.75, 3.05) is 19.8 Å². The van der Waals surface area contributed by atoms with E-state index in [0.29, 0.717) is 19.8 Å². The van der Waals surface area contributed by atoms with Crippen LogP contribution in [0.5, 0.6) is 0 Å². The largest absolute Gasteiger partial charge is 0.448 e. The minimum absolute atomic E-state index is 0.0614. The molecule has 166 valence electrons. The van der Waals surface area contributed by atoms with Crippen LogP contribution in [0.3, 0.4) is 0 Å². The Balaban J connectivity index is 1.12. The lowest BCUT2D eigenvalue weighted by atomic mass is 9.97. The monoisotopic (exact) mass is 431 g/mol. The Hall–Kier alpha value is -2.63. The smallest absolute Gasteiger partial charge is 0.410 e. The minimum atomic E-state index is -0.169. The Kier molecular flexibility index (Phi) is 5.24. The molecule has 2 unspecified atom stereocenters. The lowest BCUT2D eigenvalue weighted by Gasteiger charge is -2.33. The molecule has 6 rings (SSSR count). The second-order valence-corrected chi connectivity index (χ2v) is 9.25. The topological polar surface area (TPSA) is 48.0 Å². The molecule has 0 aromatic heterocycles. The standard InChI is InChI=1S/C27H29NO4/c29-27(28-19-10-11-20(28)16-18(15-19)9-12-26-30-13-14-31-26)32-17-25-23-7-3-1-5-21(23)22-6-2-4-8-24(22)25/h1-8,15,19-20,25-26H,9-14,16-17H2. The predicted molar refractivity (Wildman–Crippen MR) is 121 cm³/mol. The average Bonchev–Trinajstić information content (AvgIpc) is 3.52. The summed E-state index contributed by atoms with van der Waals surface area (Å²) in [6, 6.07) is 17.3. The lowest BCUT2D eigenvalue weighted by molar-refractivity contribution is -0.0464. The highest BCUT2D eigenvalue weighted by Gasteiger charge is 2.41. The van der Waals surface area contributed by atoms with E-state index >= 15 is 0 Å². The summed E-state index contributed by atoms with van der Waals surface area (Å²) in [4.78, 5) is 15.1. The summed E-state index contributed by atoms with van der Waals surface area (Å²) >= 11 is 0. The van der Waals surface area contributed by atoms with E-state index in [-0.39, 0.29) is 30.4 Å². The number of benzene rings is 2. The van der Waals surface area contributed by atoms with Gasteiger partial charge in [-0.15, -0.1) is 0 Å². The molecule has 1 amide bonds. The number of amides is 1. The average molecular weight is 432 g/mol. The van der Waals surface area contributed by atoms with Crippen LogP contribution in [0.15, 0.2) is 60.2 Å². The summed E-state index contributed by atoms with van der Waals surface area (Å²) in [7, 11) is 0. The van der Waals surface area contributed by atoms with Gasteiger partial charge in [-0.05, 0) is 47.9 Å². The molecule has 0 radical (unpaired) electrons. The highest BCUT2D eigenvalue weighted by atomic mass is 16.7. The molecule has 2 aromatic carbocycles. The molecule has 2 bridgehead atoms. The molecule has 1 aliphatic carbocycles. The SMILES string of the molecule is O=C(OCC1c2ccccc2-c2ccccc21)N1C2C=C(CCC3OCCO3)CC1CC2. The van der Waals surface area contributed by atoms with Gasteiger partial charge in [0.25, 0.3) is 0 Å². The quantitative estimate of drug-likeness (QED) is 0.607. The van der Waals surface area contributed by atoms with E-state index < -0.39 is 0 Å². The van der Waals surface area contributed by atoms with Crippen LogP contribution in [-0.4, -0.2) is 49.2 Å². The van der Waals surface area contributed by atoms with Crippen LogP contribution >= 0.6 is 0 Å². The van der Waals surface area contributed by atoms with E-state index in [9.17, 15) is 4.79 Å². The first-order valence-corrected chi connectivity index (χ1v) is 11.8. The molecular weight excluding hydrogens is 402 g/mol. The zero-order valence-electron chi connectivity index (χ0n) is 18.2. The molecule has 2 atom stereocenters. The molecule has 3 heterocycles. The van der Waals surface area contributed by atoms with Gasteiger partial charge in [-0.1, -0.05) is 60.2 Å². The lowest BCUT2D eigenvalue weighted by Crippen LogP contribution is -2.43. The van der Waals surface area contributed by atoms with Gasteiger partial charge in [-0.25, -0.2) is 4.79 Å². The van der Waals surface area contributed by atoms with Gasteiger partial charge in [0.05, 0.1) is 19.3 Å². The third kappa shape index (κ3) is 3.54. The van der Waals surface area contributed by atoms with Crippen LogP contribution in [-0.2, 0) is 14.2 Å². The molecule has 3 aliphatic heterocycles. The first kappa shape index (κ1) is 20.0. The summed E-state index contributed by atoms with van der Waals surface area (Å²) in [6.07, 6.45) is 6.95. The normalized spacial score (nSPS) is 24.4. The van der Waals surface area contributed by atoms with Crippen molar-refractivity contribution in [3.63, 3.8) is 0 Å². The molecule has 4 aliphatic rings. The van der Waals surface area contributed by atoms with E-state index in [0.717, 1.165) is 32.1 Å². The zero-order chi connectivity index (χ0) is 21.5. The Labute approximate surface area is 189 Å². The van der Waals surface area contributed by atoms with Crippen molar-refractivity contribution in [2.24, 2.45) is 0 Å². The van der Waals surface area contributed by atoms with Gasteiger partial charge >= 0.3 is 6.09 Å². The third-order valence-electron chi connectivity index (χ3n) is 7.41. The van der Waals surface area contributed by atoms with Gasteiger partial charge in [0.15, 0.2) is 6.29 Å². The summed E-state index contributed by atoms with van der Waals surface area (Å²) in [6.45, 7) is 1.78. The molecule has 0 spiro atoms. The molecule has 5 nitrogen and oxygen atoms in total. The zero-order valence-corrected chi connectivity index (χ0v) is 18.2. The number of carbonyl (C=O) groups excluding carboxylic acids is 1. The van der Waals surface area contributed by atoms with E-state index in [1.54, 1.807) is 0 Å².